The molecule has 0 spiro atoms. The monoisotopic (exact) mass is 303 g/mol. The lowest BCUT2D eigenvalue weighted by molar-refractivity contribution is -0.145. The molecule has 1 fully saturated rings. The van der Waals surface area contributed by atoms with Crippen molar-refractivity contribution < 1.29 is 14.7 Å². The van der Waals surface area contributed by atoms with E-state index in [0.29, 0.717) is 12.1 Å². The van der Waals surface area contributed by atoms with Crippen molar-refractivity contribution >= 4 is 23.5 Å². The first-order valence-corrected chi connectivity index (χ1v) is 7.50. The molecule has 6 heteroatoms. The van der Waals surface area contributed by atoms with Gasteiger partial charge in [-0.15, -0.1) is 0 Å². The van der Waals surface area contributed by atoms with Gasteiger partial charge in [0.25, 0.3) is 0 Å². The fourth-order valence-electron chi connectivity index (χ4n) is 2.52. The Balaban J connectivity index is 2.22. The molecular weight excluding hydrogens is 282 g/mol. The smallest absolute Gasteiger partial charge is 0.242 e. The van der Waals surface area contributed by atoms with Crippen molar-refractivity contribution in [1.29, 1.82) is 0 Å². The first-order valence-electron chi connectivity index (χ1n) is 7.50. The quantitative estimate of drug-likeness (QED) is 0.695. The molecule has 22 heavy (non-hydrogen) atoms. The third-order valence-electron chi connectivity index (χ3n) is 3.83. The molecule has 1 aliphatic heterocycles. The van der Waals surface area contributed by atoms with Crippen LogP contribution in [0.15, 0.2) is 35.3 Å². The van der Waals surface area contributed by atoms with Crippen LogP contribution in [0, 0.1) is 5.41 Å². The Morgan fingerprint density at radius 2 is 1.73 bits per heavy atom. The number of amides is 2. The van der Waals surface area contributed by atoms with Gasteiger partial charge >= 0.3 is 0 Å². The minimum absolute atomic E-state index is 0.114. The molecule has 3 N–H and O–H groups in total. The number of aliphatic imine (C=N–C) groups is 1. The number of guanidine groups is 1. The Labute approximate surface area is 129 Å². The Morgan fingerprint density at radius 3 is 2.27 bits per heavy atom. The molecule has 6 nitrogen and oxygen atoms in total. The van der Waals surface area contributed by atoms with Gasteiger partial charge in [0.2, 0.25) is 17.8 Å². The molecule has 0 atom stereocenters. The fourth-order valence-corrected chi connectivity index (χ4v) is 2.52. The third-order valence-corrected chi connectivity index (χ3v) is 3.83. The van der Waals surface area contributed by atoms with E-state index >= 15 is 0 Å². The summed E-state index contributed by atoms with van der Waals surface area (Å²) in [5.41, 5.74) is -0.568. The number of hydrogen-bond donors (Lipinski definition) is 3. The van der Waals surface area contributed by atoms with E-state index in [1.54, 1.807) is 12.1 Å². The predicted molar refractivity (Wildman–Crippen MR) is 83.5 cm³/mol. The zero-order valence-corrected chi connectivity index (χ0v) is 12.6. The van der Waals surface area contributed by atoms with Gasteiger partial charge in [-0.05, 0) is 25.0 Å². The Kier molecular flexibility index (Phi) is 5.27. The summed E-state index contributed by atoms with van der Waals surface area (Å²) >= 11 is 0. The van der Waals surface area contributed by atoms with Crippen LogP contribution >= 0.6 is 0 Å². The van der Waals surface area contributed by atoms with Gasteiger partial charge in [0.05, 0.1) is 5.69 Å². The molecule has 1 aromatic rings. The summed E-state index contributed by atoms with van der Waals surface area (Å²) in [6.45, 7) is 1.78. The van der Waals surface area contributed by atoms with E-state index < -0.39 is 17.2 Å². The lowest BCUT2D eigenvalue weighted by atomic mass is 9.77. The molecule has 0 saturated carbocycles. The molecule has 0 radical (unpaired) electrons. The largest absolute Gasteiger partial charge is 0.396 e. The van der Waals surface area contributed by atoms with Crippen LogP contribution in [0.3, 0.4) is 0 Å². The maximum atomic E-state index is 12.5. The highest BCUT2D eigenvalue weighted by atomic mass is 16.3. The van der Waals surface area contributed by atoms with Crippen LogP contribution in [0.2, 0.25) is 0 Å². The van der Waals surface area contributed by atoms with Crippen LogP contribution in [0.5, 0.6) is 0 Å². The van der Waals surface area contributed by atoms with Crippen LogP contribution in [-0.4, -0.2) is 29.5 Å². The van der Waals surface area contributed by atoms with Gasteiger partial charge in [-0.1, -0.05) is 38.0 Å². The summed E-state index contributed by atoms with van der Waals surface area (Å²) < 4.78 is 0. The van der Waals surface area contributed by atoms with Crippen molar-refractivity contribution in [1.82, 2.24) is 10.6 Å². The highest BCUT2D eigenvalue weighted by Crippen LogP contribution is 2.31. The van der Waals surface area contributed by atoms with Gasteiger partial charge in [-0.2, -0.15) is 0 Å². The van der Waals surface area contributed by atoms with Crippen molar-refractivity contribution in [2.75, 3.05) is 6.61 Å². The molecule has 0 aliphatic carbocycles. The van der Waals surface area contributed by atoms with E-state index in [2.05, 4.69) is 15.6 Å². The zero-order chi connectivity index (χ0) is 16.0. The van der Waals surface area contributed by atoms with E-state index in [-0.39, 0.29) is 19.0 Å². The third kappa shape index (κ3) is 3.33. The Bertz CT molecular complexity index is 549. The van der Waals surface area contributed by atoms with Gasteiger partial charge in [0.1, 0.15) is 5.41 Å². The average molecular weight is 303 g/mol. The maximum Gasteiger partial charge on any atom is 0.242 e. The molecule has 1 aliphatic rings. The number of carbonyl (C=O) groups is 2. The van der Waals surface area contributed by atoms with E-state index in [1.165, 1.54) is 0 Å². The number of aliphatic hydroxyl groups excluding tert-OH is 1. The number of carbonyl (C=O) groups excluding carboxylic acids is 2. The van der Waals surface area contributed by atoms with Crippen molar-refractivity contribution in [3.8, 4) is 0 Å². The minimum atomic E-state index is -1.21. The van der Waals surface area contributed by atoms with Crippen molar-refractivity contribution in [2.45, 2.75) is 32.6 Å². The SMILES string of the molecule is CCCCC1(CCO)C(=O)NC(=Nc2ccccc2)NC1=O. The number of unbranched alkanes of at least 4 members (excludes halogenated alkanes) is 1. The van der Waals surface area contributed by atoms with Gasteiger partial charge in [-0.25, -0.2) is 4.99 Å². The molecule has 1 saturated heterocycles. The molecule has 0 aromatic heterocycles. The Hall–Kier alpha value is -2.21. The van der Waals surface area contributed by atoms with Gasteiger partial charge in [-0.3, -0.25) is 20.2 Å². The summed E-state index contributed by atoms with van der Waals surface area (Å²) in [7, 11) is 0. The van der Waals surface area contributed by atoms with Crippen LogP contribution < -0.4 is 10.6 Å². The number of rotatable bonds is 6. The number of nitrogens with one attached hydrogen (secondary N) is 2. The van der Waals surface area contributed by atoms with Crippen LogP contribution in [0.1, 0.15) is 32.6 Å². The van der Waals surface area contributed by atoms with Gasteiger partial charge < -0.3 is 5.11 Å². The summed E-state index contributed by atoms with van der Waals surface area (Å²) in [5, 5.41) is 14.5. The number of para-hydroxylation sites is 1. The van der Waals surface area contributed by atoms with E-state index in [4.69, 9.17) is 0 Å². The summed E-state index contributed by atoms with van der Waals surface area (Å²) in [5.74, 6) is -0.659. The summed E-state index contributed by atoms with van der Waals surface area (Å²) in [6.07, 6.45) is 2.15. The van der Waals surface area contributed by atoms with E-state index in [1.807, 2.05) is 25.1 Å². The lowest BCUT2D eigenvalue weighted by Gasteiger charge is -2.34. The highest BCUT2D eigenvalue weighted by Gasteiger charge is 2.48. The number of nitrogens with zero attached hydrogens (tertiary/aromatic N) is 1. The molecule has 2 amide bonds. The molecule has 1 heterocycles. The Morgan fingerprint density at radius 1 is 1.09 bits per heavy atom. The normalized spacial score (nSPS) is 21.3. The molecule has 0 unspecified atom stereocenters. The summed E-state index contributed by atoms with van der Waals surface area (Å²) in [4.78, 5) is 29.1. The van der Waals surface area contributed by atoms with Crippen LogP contribution in [-0.2, 0) is 9.59 Å². The zero-order valence-electron chi connectivity index (χ0n) is 12.6. The minimum Gasteiger partial charge on any atom is -0.396 e. The predicted octanol–water partition coefficient (Wildman–Crippen LogP) is 1.48. The number of aliphatic hydroxyl groups is 1. The second kappa shape index (κ2) is 7.17. The molecule has 1 aromatic carbocycles. The first-order chi connectivity index (χ1) is 10.6. The highest BCUT2D eigenvalue weighted by molar-refractivity contribution is 6.20. The molecule has 0 bridgehead atoms. The van der Waals surface area contributed by atoms with E-state index in [9.17, 15) is 14.7 Å². The summed E-state index contributed by atoms with van der Waals surface area (Å²) in [6, 6.07) is 9.06. The van der Waals surface area contributed by atoms with Crippen molar-refractivity contribution in [3.05, 3.63) is 30.3 Å². The number of benzene rings is 1. The van der Waals surface area contributed by atoms with Crippen molar-refractivity contribution in [2.24, 2.45) is 10.4 Å². The molecule has 118 valence electrons. The number of hydrogen-bond acceptors (Lipinski definition) is 4. The second-order valence-electron chi connectivity index (χ2n) is 5.36. The molecular formula is C16H21N3O3. The van der Waals surface area contributed by atoms with Crippen molar-refractivity contribution in [3.63, 3.8) is 0 Å². The standard InChI is InChI=1S/C16H21N3O3/c1-2-3-9-16(10-11-20)13(21)18-15(19-14(16)22)17-12-7-5-4-6-8-12/h4-8,20H,2-3,9-11H2,1H3,(H2,17,18,19,21,22). The lowest BCUT2D eigenvalue weighted by Crippen LogP contribution is -2.63. The average Bonchev–Trinajstić information content (AvgIpc) is 2.51. The topological polar surface area (TPSA) is 90.8 Å². The molecule has 2 rings (SSSR count). The maximum absolute atomic E-state index is 12.5. The van der Waals surface area contributed by atoms with Gasteiger partial charge in [0.15, 0.2) is 0 Å². The van der Waals surface area contributed by atoms with Crippen LogP contribution in [0.4, 0.5) is 5.69 Å². The fraction of sp³-hybridized carbons (Fsp3) is 0.438. The van der Waals surface area contributed by atoms with E-state index in [0.717, 1.165) is 12.8 Å². The second-order valence-corrected chi connectivity index (χ2v) is 5.36. The van der Waals surface area contributed by atoms with Crippen LogP contribution in [0.25, 0.3) is 0 Å². The van der Waals surface area contributed by atoms with Gasteiger partial charge in [0, 0.05) is 6.61 Å². The first kappa shape index (κ1) is 16.2.